The van der Waals surface area contributed by atoms with Gasteiger partial charge in [-0.1, -0.05) is 11.6 Å². The van der Waals surface area contributed by atoms with Crippen molar-refractivity contribution in [2.75, 3.05) is 24.6 Å². The summed E-state index contributed by atoms with van der Waals surface area (Å²) in [5, 5.41) is 20.2. The van der Waals surface area contributed by atoms with Gasteiger partial charge in [-0.25, -0.2) is 4.68 Å². The lowest BCUT2D eigenvalue weighted by Gasteiger charge is -2.23. The summed E-state index contributed by atoms with van der Waals surface area (Å²) < 4.78 is 4.00. The fraction of sp³-hybridized carbons (Fsp3) is 0.474. The molecule has 0 radical (unpaired) electrons. The van der Waals surface area contributed by atoms with Crippen LogP contribution < -0.4 is 4.90 Å². The van der Waals surface area contributed by atoms with Crippen molar-refractivity contribution < 1.29 is 5.11 Å². The third-order valence-electron chi connectivity index (χ3n) is 6.31. The van der Waals surface area contributed by atoms with Crippen molar-refractivity contribution in [2.24, 2.45) is 17.8 Å². The Hall–Kier alpha value is -2.05. The summed E-state index contributed by atoms with van der Waals surface area (Å²) >= 11 is 6.58. The molecular formula is C19H20ClN5O. The number of aliphatic hydroxyl groups excluding tert-OH is 1. The lowest BCUT2D eigenvalue weighted by Crippen LogP contribution is -2.25. The van der Waals surface area contributed by atoms with Gasteiger partial charge in [-0.05, 0) is 42.7 Å². The Morgan fingerprint density at radius 3 is 2.65 bits per heavy atom. The Morgan fingerprint density at radius 1 is 1.12 bits per heavy atom. The van der Waals surface area contributed by atoms with Gasteiger partial charge in [-0.15, -0.1) is 0 Å². The van der Waals surface area contributed by atoms with Gasteiger partial charge in [0, 0.05) is 25.1 Å². The largest absolute Gasteiger partial charge is 0.396 e. The maximum Gasteiger partial charge on any atom is 0.103 e. The molecule has 7 heteroatoms. The minimum absolute atomic E-state index is 0.313. The molecule has 2 aliphatic carbocycles. The van der Waals surface area contributed by atoms with Crippen LogP contribution in [0.1, 0.15) is 18.9 Å². The lowest BCUT2D eigenvalue weighted by atomic mass is 10.2. The van der Waals surface area contributed by atoms with E-state index in [-0.39, 0.29) is 0 Å². The minimum Gasteiger partial charge on any atom is -0.396 e. The summed E-state index contributed by atoms with van der Waals surface area (Å²) in [5.41, 5.74) is 3.11. The van der Waals surface area contributed by atoms with Crippen LogP contribution in [0.15, 0.2) is 30.7 Å². The van der Waals surface area contributed by atoms with Crippen molar-refractivity contribution in [3.05, 3.63) is 35.7 Å². The van der Waals surface area contributed by atoms with Crippen LogP contribution in [-0.2, 0) is 0 Å². The molecular weight excluding hydrogens is 350 g/mol. The van der Waals surface area contributed by atoms with Crippen molar-refractivity contribution in [1.82, 2.24) is 19.6 Å². The van der Waals surface area contributed by atoms with Crippen LogP contribution in [-0.4, -0.2) is 44.4 Å². The number of anilines is 1. The van der Waals surface area contributed by atoms with Gasteiger partial charge in [0.2, 0.25) is 0 Å². The van der Waals surface area contributed by atoms with Gasteiger partial charge in [0.25, 0.3) is 0 Å². The number of nitrogens with zero attached hydrogens (tertiary/aromatic N) is 5. The van der Waals surface area contributed by atoms with Crippen LogP contribution in [0.25, 0.3) is 16.6 Å². The molecule has 2 atom stereocenters. The summed E-state index contributed by atoms with van der Waals surface area (Å²) in [6, 6.07) is 4.72. The average molecular weight is 370 g/mol. The zero-order chi connectivity index (χ0) is 17.4. The van der Waals surface area contributed by atoms with E-state index in [1.807, 2.05) is 27.8 Å². The molecule has 1 aliphatic heterocycles. The van der Waals surface area contributed by atoms with Crippen molar-refractivity contribution >= 4 is 28.2 Å². The third-order valence-corrected chi connectivity index (χ3v) is 6.62. The normalized spacial score (nSPS) is 27.3. The molecule has 2 unspecified atom stereocenters. The standard InChI is InChI=1S/C19H20ClN5O/c20-17-3-11-5-22-25(13-6-21-24(7-13)12-1-2-12)18(11)4-19(17)23-8-14-15(9-23)16(14)10-26/h3-7,12,14-16,26H,1-2,8-10H2. The SMILES string of the molecule is OCC1C2CN(c3cc4c(cnn4-c4cnn(C5CC5)c4)cc3Cl)CC12. The number of fused-ring (bicyclic) bond motifs is 2. The number of benzene rings is 1. The fourth-order valence-electron chi connectivity index (χ4n) is 4.58. The Labute approximate surface area is 156 Å². The van der Waals surface area contributed by atoms with Gasteiger partial charge in [-0.3, -0.25) is 4.68 Å². The molecule has 3 fully saturated rings. The molecule has 26 heavy (non-hydrogen) atoms. The highest BCUT2D eigenvalue weighted by Crippen LogP contribution is 2.53. The Bertz CT molecular complexity index is 995. The molecule has 1 N–H and O–H groups in total. The number of halogens is 1. The number of piperidine rings is 1. The van der Waals surface area contributed by atoms with Crippen LogP contribution in [0, 0.1) is 17.8 Å². The van der Waals surface area contributed by atoms with Gasteiger partial charge in [-0.2, -0.15) is 10.2 Å². The zero-order valence-corrected chi connectivity index (χ0v) is 15.0. The topological polar surface area (TPSA) is 59.1 Å². The number of aliphatic hydroxyl groups is 1. The molecule has 2 saturated carbocycles. The highest BCUT2D eigenvalue weighted by atomic mass is 35.5. The average Bonchev–Trinajstić information content (AvgIpc) is 3.40. The van der Waals surface area contributed by atoms with Crippen molar-refractivity contribution in [2.45, 2.75) is 18.9 Å². The van der Waals surface area contributed by atoms with Crippen LogP contribution in [0.5, 0.6) is 0 Å². The second-order valence-corrected chi connectivity index (χ2v) is 8.31. The van der Waals surface area contributed by atoms with E-state index in [4.69, 9.17) is 11.6 Å². The molecule has 0 spiro atoms. The predicted octanol–water partition coefficient (Wildman–Crippen LogP) is 2.88. The molecule has 0 amide bonds. The van der Waals surface area contributed by atoms with Crippen LogP contribution in [0.3, 0.4) is 0 Å². The fourth-order valence-corrected chi connectivity index (χ4v) is 4.87. The molecule has 2 aromatic heterocycles. The minimum atomic E-state index is 0.313. The summed E-state index contributed by atoms with van der Waals surface area (Å²) in [4.78, 5) is 2.36. The van der Waals surface area contributed by atoms with E-state index in [1.54, 1.807) is 0 Å². The van der Waals surface area contributed by atoms with E-state index in [0.29, 0.717) is 30.4 Å². The Balaban J connectivity index is 1.37. The smallest absolute Gasteiger partial charge is 0.103 e. The lowest BCUT2D eigenvalue weighted by molar-refractivity contribution is 0.260. The molecule has 6 nitrogen and oxygen atoms in total. The van der Waals surface area contributed by atoms with E-state index in [9.17, 15) is 5.11 Å². The van der Waals surface area contributed by atoms with Gasteiger partial charge in [0.1, 0.15) is 5.69 Å². The Morgan fingerprint density at radius 2 is 1.92 bits per heavy atom. The third kappa shape index (κ3) is 2.15. The molecule has 0 bridgehead atoms. The van der Waals surface area contributed by atoms with E-state index in [0.717, 1.165) is 40.4 Å². The van der Waals surface area contributed by atoms with Gasteiger partial charge < -0.3 is 10.0 Å². The molecule has 3 aromatic rings. The highest BCUT2D eigenvalue weighted by molar-refractivity contribution is 6.34. The summed E-state index contributed by atoms with van der Waals surface area (Å²) in [7, 11) is 0. The summed E-state index contributed by atoms with van der Waals surface area (Å²) in [5.74, 6) is 1.73. The maximum absolute atomic E-state index is 9.38. The van der Waals surface area contributed by atoms with E-state index < -0.39 is 0 Å². The molecule has 1 aromatic carbocycles. The van der Waals surface area contributed by atoms with E-state index >= 15 is 0 Å². The van der Waals surface area contributed by atoms with Crippen LogP contribution in [0.2, 0.25) is 5.02 Å². The monoisotopic (exact) mass is 369 g/mol. The number of hydrogen-bond donors (Lipinski definition) is 1. The molecule has 3 heterocycles. The molecule has 1 saturated heterocycles. The van der Waals surface area contributed by atoms with E-state index in [1.165, 1.54) is 12.8 Å². The molecule has 3 aliphatic rings. The van der Waals surface area contributed by atoms with Gasteiger partial charge in [0.15, 0.2) is 0 Å². The first-order valence-electron chi connectivity index (χ1n) is 9.30. The number of rotatable bonds is 4. The molecule has 6 rings (SSSR count). The van der Waals surface area contributed by atoms with Crippen molar-refractivity contribution in [3.63, 3.8) is 0 Å². The first-order chi connectivity index (χ1) is 12.7. The second kappa shape index (κ2) is 5.24. The van der Waals surface area contributed by atoms with Crippen molar-refractivity contribution in [1.29, 1.82) is 0 Å². The van der Waals surface area contributed by atoms with Crippen LogP contribution in [0.4, 0.5) is 5.69 Å². The summed E-state index contributed by atoms with van der Waals surface area (Å²) in [6.07, 6.45) is 8.26. The Kier molecular flexibility index (Phi) is 3.03. The quantitative estimate of drug-likeness (QED) is 0.768. The van der Waals surface area contributed by atoms with Gasteiger partial charge in [0.05, 0.1) is 40.9 Å². The van der Waals surface area contributed by atoms with Crippen molar-refractivity contribution in [3.8, 4) is 5.69 Å². The summed E-state index contributed by atoms with van der Waals surface area (Å²) in [6.45, 7) is 2.28. The number of aromatic nitrogens is 4. The first kappa shape index (κ1) is 15.1. The maximum atomic E-state index is 9.38. The number of hydrogen-bond acceptors (Lipinski definition) is 4. The first-order valence-corrected chi connectivity index (χ1v) is 9.68. The van der Waals surface area contributed by atoms with E-state index in [2.05, 4.69) is 27.4 Å². The second-order valence-electron chi connectivity index (χ2n) is 7.91. The van der Waals surface area contributed by atoms with Gasteiger partial charge >= 0.3 is 0 Å². The highest BCUT2D eigenvalue weighted by Gasteiger charge is 2.55. The predicted molar refractivity (Wildman–Crippen MR) is 99.9 cm³/mol. The molecule has 134 valence electrons. The van der Waals surface area contributed by atoms with Crippen LogP contribution >= 0.6 is 11.6 Å². The zero-order valence-electron chi connectivity index (χ0n) is 14.3.